The lowest BCUT2D eigenvalue weighted by atomic mass is 10.0. The van der Waals surface area contributed by atoms with Crippen molar-refractivity contribution in [3.8, 4) is 16.3 Å². The average Bonchev–Trinajstić information content (AvgIpc) is 3.10. The van der Waals surface area contributed by atoms with E-state index in [1.807, 2.05) is 37.3 Å². The highest BCUT2D eigenvalue weighted by molar-refractivity contribution is 7.18. The summed E-state index contributed by atoms with van der Waals surface area (Å²) in [6, 6.07) is 13.4. The van der Waals surface area contributed by atoms with Crippen LogP contribution in [0.2, 0.25) is 5.02 Å². The van der Waals surface area contributed by atoms with Crippen LogP contribution in [0.25, 0.3) is 10.6 Å². The van der Waals surface area contributed by atoms with Gasteiger partial charge in [0.15, 0.2) is 6.10 Å². The number of amides is 1. The predicted molar refractivity (Wildman–Crippen MR) is 114 cm³/mol. The van der Waals surface area contributed by atoms with Crippen LogP contribution in [0.15, 0.2) is 42.5 Å². The van der Waals surface area contributed by atoms with E-state index in [0.717, 1.165) is 22.4 Å². The molecule has 5 nitrogen and oxygen atoms in total. The summed E-state index contributed by atoms with van der Waals surface area (Å²) in [6.07, 6.45) is -0.665. The first kappa shape index (κ1) is 20.3. The van der Waals surface area contributed by atoms with Crippen LogP contribution < -0.4 is 10.1 Å². The summed E-state index contributed by atoms with van der Waals surface area (Å²) in [4.78, 5) is 12.6. The number of nitrogens with one attached hydrogen (secondary N) is 1. The maximum Gasteiger partial charge on any atom is 0.266 e. The first-order chi connectivity index (χ1) is 13.3. The summed E-state index contributed by atoms with van der Waals surface area (Å²) < 4.78 is 5.96. The predicted octanol–water partition coefficient (Wildman–Crippen LogP) is 5.70. The Morgan fingerprint density at radius 2 is 1.82 bits per heavy atom. The molecule has 0 aliphatic carbocycles. The van der Waals surface area contributed by atoms with Gasteiger partial charge in [0.25, 0.3) is 5.91 Å². The van der Waals surface area contributed by atoms with E-state index < -0.39 is 6.10 Å². The number of carbonyl (C=O) groups excluding carboxylic acids is 1. The van der Waals surface area contributed by atoms with Gasteiger partial charge in [-0.3, -0.25) is 10.1 Å². The first-order valence-electron chi connectivity index (χ1n) is 9.01. The Balaban J connectivity index is 1.68. The van der Waals surface area contributed by atoms with E-state index in [4.69, 9.17) is 16.3 Å². The normalized spacial score (nSPS) is 12.1. The average molecular weight is 416 g/mol. The Morgan fingerprint density at radius 1 is 1.11 bits per heavy atom. The first-order valence-corrected chi connectivity index (χ1v) is 10.2. The van der Waals surface area contributed by atoms with Gasteiger partial charge < -0.3 is 4.74 Å². The fraction of sp³-hybridized carbons (Fsp3) is 0.286. The number of ether oxygens (including phenoxy) is 1. The van der Waals surface area contributed by atoms with Crippen LogP contribution in [-0.4, -0.2) is 22.2 Å². The van der Waals surface area contributed by atoms with Gasteiger partial charge in [0.1, 0.15) is 10.8 Å². The van der Waals surface area contributed by atoms with Gasteiger partial charge in [-0.15, -0.1) is 10.2 Å². The Kier molecular flexibility index (Phi) is 6.31. The summed E-state index contributed by atoms with van der Waals surface area (Å²) in [7, 11) is 0. The van der Waals surface area contributed by atoms with E-state index in [1.165, 1.54) is 11.3 Å². The molecule has 0 saturated carbocycles. The third-order valence-corrected chi connectivity index (χ3v) is 5.35. The minimum Gasteiger partial charge on any atom is -0.481 e. The molecule has 0 spiro atoms. The minimum absolute atomic E-state index is 0.269. The molecular weight excluding hydrogens is 394 g/mol. The number of benzene rings is 2. The van der Waals surface area contributed by atoms with Gasteiger partial charge >= 0.3 is 0 Å². The van der Waals surface area contributed by atoms with E-state index in [2.05, 4.69) is 29.4 Å². The molecule has 7 heteroatoms. The molecule has 3 rings (SSSR count). The summed E-state index contributed by atoms with van der Waals surface area (Å²) >= 11 is 7.21. The van der Waals surface area contributed by atoms with Crippen LogP contribution >= 0.6 is 22.9 Å². The third-order valence-electron chi connectivity index (χ3n) is 4.21. The maximum atomic E-state index is 12.6. The van der Waals surface area contributed by atoms with Gasteiger partial charge in [0, 0.05) is 10.6 Å². The second-order valence-corrected chi connectivity index (χ2v) is 8.28. The lowest BCUT2D eigenvalue weighted by Gasteiger charge is -2.18. The van der Waals surface area contributed by atoms with Crippen LogP contribution in [-0.2, 0) is 4.79 Å². The van der Waals surface area contributed by atoms with Gasteiger partial charge in [0.2, 0.25) is 5.13 Å². The number of aromatic nitrogens is 2. The van der Waals surface area contributed by atoms with Gasteiger partial charge in [-0.05, 0) is 49.1 Å². The zero-order chi connectivity index (χ0) is 20.3. The van der Waals surface area contributed by atoms with Gasteiger partial charge in [0.05, 0.1) is 0 Å². The molecular formula is C21H22ClN3O2S. The fourth-order valence-electron chi connectivity index (χ4n) is 2.65. The molecule has 0 unspecified atom stereocenters. The second-order valence-electron chi connectivity index (χ2n) is 6.86. The number of nitrogens with zero attached hydrogens (tertiary/aromatic N) is 2. The van der Waals surface area contributed by atoms with Gasteiger partial charge in [-0.25, -0.2) is 0 Å². The van der Waals surface area contributed by atoms with Gasteiger partial charge in [-0.1, -0.05) is 61.1 Å². The Labute approximate surface area is 173 Å². The number of halogens is 1. The number of hydrogen-bond donors (Lipinski definition) is 1. The number of hydrogen-bond acceptors (Lipinski definition) is 5. The van der Waals surface area contributed by atoms with Crippen molar-refractivity contribution in [1.29, 1.82) is 0 Å². The fourth-order valence-corrected chi connectivity index (χ4v) is 3.53. The molecule has 28 heavy (non-hydrogen) atoms. The molecule has 1 heterocycles. The van der Waals surface area contributed by atoms with E-state index in [-0.39, 0.29) is 5.91 Å². The zero-order valence-corrected chi connectivity index (χ0v) is 17.8. The molecule has 1 N–H and O–H groups in total. The highest BCUT2D eigenvalue weighted by atomic mass is 35.5. The molecule has 0 saturated heterocycles. The second kappa shape index (κ2) is 8.71. The number of anilines is 1. The number of rotatable bonds is 6. The SMILES string of the molecule is Cc1ccc(C(C)C)c(O[C@@H](C)C(=O)Nc2nnc(-c3ccc(Cl)cc3)s2)c1. The van der Waals surface area contributed by atoms with Crippen molar-refractivity contribution in [3.63, 3.8) is 0 Å². The maximum absolute atomic E-state index is 12.6. The third kappa shape index (κ3) is 4.88. The standard InChI is InChI=1S/C21H22ClN3O2S/c1-12(2)17-10-5-13(3)11-18(17)27-14(4)19(26)23-21-25-24-20(28-21)15-6-8-16(22)9-7-15/h5-12,14H,1-4H3,(H,23,25,26)/t14-/m0/s1. The van der Waals surface area contributed by atoms with E-state index in [0.29, 0.717) is 21.1 Å². The van der Waals surface area contributed by atoms with Crippen LogP contribution in [0.4, 0.5) is 5.13 Å². The molecule has 146 valence electrons. The molecule has 0 bridgehead atoms. The smallest absolute Gasteiger partial charge is 0.266 e. The van der Waals surface area contributed by atoms with E-state index in [1.54, 1.807) is 19.1 Å². The van der Waals surface area contributed by atoms with Crippen molar-refractivity contribution in [2.75, 3.05) is 5.32 Å². The van der Waals surface area contributed by atoms with Crippen molar-refractivity contribution in [3.05, 3.63) is 58.6 Å². The number of aryl methyl sites for hydroxylation is 1. The summed E-state index contributed by atoms with van der Waals surface area (Å²) in [5.74, 6) is 0.766. The molecule has 0 aliphatic heterocycles. The summed E-state index contributed by atoms with van der Waals surface area (Å²) in [5, 5.41) is 12.8. The topological polar surface area (TPSA) is 64.1 Å². The van der Waals surface area contributed by atoms with Crippen LogP contribution in [0.3, 0.4) is 0 Å². The van der Waals surface area contributed by atoms with Crippen molar-refractivity contribution >= 4 is 34.0 Å². The highest BCUT2D eigenvalue weighted by Crippen LogP contribution is 2.29. The van der Waals surface area contributed by atoms with Crippen molar-refractivity contribution in [1.82, 2.24) is 10.2 Å². The highest BCUT2D eigenvalue weighted by Gasteiger charge is 2.19. The molecule has 1 amide bonds. The Hall–Kier alpha value is -2.44. The van der Waals surface area contributed by atoms with Gasteiger partial charge in [-0.2, -0.15) is 0 Å². The molecule has 0 radical (unpaired) electrons. The van der Waals surface area contributed by atoms with Crippen LogP contribution in [0, 0.1) is 6.92 Å². The lowest BCUT2D eigenvalue weighted by Crippen LogP contribution is -2.30. The molecule has 0 fully saturated rings. The van der Waals surface area contributed by atoms with Crippen LogP contribution in [0.5, 0.6) is 5.75 Å². The Bertz CT molecular complexity index is 970. The summed E-state index contributed by atoms with van der Waals surface area (Å²) in [5.41, 5.74) is 3.06. The molecule has 2 aromatic carbocycles. The largest absolute Gasteiger partial charge is 0.481 e. The Morgan fingerprint density at radius 3 is 2.50 bits per heavy atom. The number of carbonyl (C=O) groups is 1. The quantitative estimate of drug-likeness (QED) is 0.561. The van der Waals surface area contributed by atoms with E-state index in [9.17, 15) is 4.79 Å². The van der Waals surface area contributed by atoms with Crippen molar-refractivity contribution < 1.29 is 9.53 Å². The molecule has 3 aromatic rings. The van der Waals surface area contributed by atoms with Crippen molar-refractivity contribution in [2.24, 2.45) is 0 Å². The monoisotopic (exact) mass is 415 g/mol. The zero-order valence-electron chi connectivity index (χ0n) is 16.2. The minimum atomic E-state index is -0.665. The van der Waals surface area contributed by atoms with Crippen molar-refractivity contribution in [2.45, 2.75) is 39.7 Å². The van der Waals surface area contributed by atoms with Crippen LogP contribution in [0.1, 0.15) is 37.8 Å². The van der Waals surface area contributed by atoms with E-state index >= 15 is 0 Å². The lowest BCUT2D eigenvalue weighted by molar-refractivity contribution is -0.122. The summed E-state index contributed by atoms with van der Waals surface area (Å²) in [6.45, 7) is 7.92. The molecule has 0 aliphatic rings. The molecule has 1 atom stereocenters. The molecule has 1 aromatic heterocycles.